The molecule has 1 unspecified atom stereocenters. The van der Waals surface area contributed by atoms with Crippen LogP contribution in [0.1, 0.15) is 45.0 Å². The summed E-state index contributed by atoms with van der Waals surface area (Å²) in [5, 5.41) is 10.7. The highest BCUT2D eigenvalue weighted by molar-refractivity contribution is 6.20. The van der Waals surface area contributed by atoms with Crippen molar-refractivity contribution in [3.8, 4) is 0 Å². The smallest absolute Gasteiger partial charge is 0.337 e. The van der Waals surface area contributed by atoms with Crippen LogP contribution in [0.3, 0.4) is 0 Å². The van der Waals surface area contributed by atoms with E-state index in [9.17, 15) is 19.5 Å². The number of hydrogen-bond acceptors (Lipinski definition) is 6. The minimum atomic E-state index is -0.866. The zero-order valence-electron chi connectivity index (χ0n) is 17.6. The largest absolute Gasteiger partial charge is 0.503 e. The van der Waals surface area contributed by atoms with Gasteiger partial charge in [0.05, 0.1) is 30.6 Å². The molecule has 1 atom stereocenters. The number of Topliss-reactive ketones (excluding diaryl/α,β-unsaturated/α-hetero) is 1. The van der Waals surface area contributed by atoms with E-state index in [0.717, 1.165) is 12.0 Å². The number of rotatable bonds is 6. The number of aliphatic hydroxyl groups is 1. The molecule has 3 aromatic rings. The first-order chi connectivity index (χ1) is 15.5. The molecule has 0 fully saturated rings. The number of carbonyl (C=O) groups excluding carboxylic acids is 3. The third-order valence-corrected chi connectivity index (χ3v) is 5.47. The second kappa shape index (κ2) is 8.55. The molecule has 7 nitrogen and oxygen atoms in total. The molecule has 0 bridgehead atoms. The first-order valence-electron chi connectivity index (χ1n) is 10.1. The molecule has 7 heteroatoms. The zero-order chi connectivity index (χ0) is 22.8. The van der Waals surface area contributed by atoms with Crippen LogP contribution >= 0.6 is 0 Å². The van der Waals surface area contributed by atoms with Gasteiger partial charge in [-0.2, -0.15) is 0 Å². The number of hydrogen-bond donors (Lipinski definition) is 1. The van der Waals surface area contributed by atoms with Gasteiger partial charge in [0.1, 0.15) is 0 Å². The Bertz CT molecular complexity index is 1190. The van der Waals surface area contributed by atoms with Gasteiger partial charge in [-0.05, 0) is 53.9 Å². The number of esters is 1. The normalized spacial score (nSPS) is 15.9. The predicted octanol–water partition coefficient (Wildman–Crippen LogP) is 4.41. The fourth-order valence-corrected chi connectivity index (χ4v) is 3.77. The van der Waals surface area contributed by atoms with Crippen molar-refractivity contribution in [3.05, 3.63) is 101 Å². The number of amides is 1. The van der Waals surface area contributed by atoms with E-state index in [1.54, 1.807) is 18.2 Å². The van der Waals surface area contributed by atoms with Gasteiger partial charge in [-0.15, -0.1) is 0 Å². The summed E-state index contributed by atoms with van der Waals surface area (Å²) in [5.41, 5.74) is 2.42. The molecular weight excluding hydrogens is 410 g/mol. The van der Waals surface area contributed by atoms with Gasteiger partial charge < -0.3 is 14.3 Å². The van der Waals surface area contributed by atoms with E-state index in [4.69, 9.17) is 9.15 Å². The van der Waals surface area contributed by atoms with Crippen molar-refractivity contribution in [2.24, 2.45) is 0 Å². The third-order valence-electron chi connectivity index (χ3n) is 5.47. The van der Waals surface area contributed by atoms with Crippen LogP contribution in [0.2, 0.25) is 0 Å². The van der Waals surface area contributed by atoms with Crippen LogP contribution in [0.5, 0.6) is 0 Å². The minimum absolute atomic E-state index is 0.0254. The molecule has 0 radical (unpaired) electrons. The maximum absolute atomic E-state index is 13.2. The molecule has 0 spiro atoms. The number of anilines is 1. The van der Waals surface area contributed by atoms with E-state index in [2.05, 4.69) is 0 Å². The number of carbonyl (C=O) groups is 3. The van der Waals surface area contributed by atoms with Gasteiger partial charge in [-0.1, -0.05) is 31.2 Å². The first-order valence-corrected chi connectivity index (χ1v) is 10.1. The Morgan fingerprint density at radius 2 is 1.75 bits per heavy atom. The third kappa shape index (κ3) is 3.58. The second-order valence-corrected chi connectivity index (χ2v) is 7.28. The summed E-state index contributed by atoms with van der Waals surface area (Å²) in [4.78, 5) is 39.4. The highest BCUT2D eigenvalue weighted by Crippen LogP contribution is 2.42. The molecule has 1 aromatic heterocycles. The molecule has 32 heavy (non-hydrogen) atoms. The highest BCUT2D eigenvalue weighted by atomic mass is 16.5. The highest BCUT2D eigenvalue weighted by Gasteiger charge is 2.45. The summed E-state index contributed by atoms with van der Waals surface area (Å²) in [7, 11) is 1.28. The van der Waals surface area contributed by atoms with Crippen molar-refractivity contribution >= 4 is 23.3 Å². The van der Waals surface area contributed by atoms with Gasteiger partial charge in [0.25, 0.3) is 5.91 Å². The van der Waals surface area contributed by atoms with Gasteiger partial charge in [0.2, 0.25) is 5.78 Å². The van der Waals surface area contributed by atoms with Gasteiger partial charge in [-0.25, -0.2) is 4.79 Å². The molecule has 1 aliphatic heterocycles. The van der Waals surface area contributed by atoms with Crippen LogP contribution in [0, 0.1) is 0 Å². The Kier molecular flexibility index (Phi) is 5.64. The average molecular weight is 431 g/mol. The Hall–Kier alpha value is -4.13. The van der Waals surface area contributed by atoms with Crippen molar-refractivity contribution in [2.75, 3.05) is 12.0 Å². The summed E-state index contributed by atoms with van der Waals surface area (Å²) in [6.45, 7) is 2.03. The molecule has 1 N–H and O–H groups in total. The maximum atomic E-state index is 13.2. The summed E-state index contributed by atoms with van der Waals surface area (Å²) < 4.78 is 9.95. The Balaban J connectivity index is 1.82. The summed E-state index contributed by atoms with van der Waals surface area (Å²) in [6, 6.07) is 15.9. The summed E-state index contributed by atoms with van der Waals surface area (Å²) in [5.74, 6) is -2.40. The minimum Gasteiger partial charge on any atom is -0.503 e. The van der Waals surface area contributed by atoms with Crippen LogP contribution in [-0.4, -0.2) is 29.9 Å². The van der Waals surface area contributed by atoms with Crippen molar-refractivity contribution < 1.29 is 28.6 Å². The van der Waals surface area contributed by atoms with E-state index in [0.29, 0.717) is 16.8 Å². The molecule has 1 aliphatic rings. The molecule has 0 saturated heterocycles. The topological polar surface area (TPSA) is 97.0 Å². The fraction of sp³-hybridized carbons (Fsp3) is 0.160. The van der Waals surface area contributed by atoms with Crippen LogP contribution in [0.15, 0.2) is 82.7 Å². The lowest BCUT2D eigenvalue weighted by atomic mass is 9.94. The van der Waals surface area contributed by atoms with Crippen molar-refractivity contribution in [2.45, 2.75) is 19.4 Å². The van der Waals surface area contributed by atoms with Crippen molar-refractivity contribution in [3.63, 3.8) is 0 Å². The number of furan rings is 1. The molecule has 1 amide bonds. The maximum Gasteiger partial charge on any atom is 0.337 e. The lowest BCUT2D eigenvalue weighted by molar-refractivity contribution is -0.117. The van der Waals surface area contributed by atoms with Gasteiger partial charge in [0.15, 0.2) is 11.5 Å². The lowest BCUT2D eigenvalue weighted by Crippen LogP contribution is -2.31. The number of aliphatic hydroxyl groups excluding tert-OH is 1. The Morgan fingerprint density at radius 3 is 2.31 bits per heavy atom. The van der Waals surface area contributed by atoms with Crippen LogP contribution in [0.25, 0.3) is 0 Å². The second-order valence-electron chi connectivity index (χ2n) is 7.28. The fourth-order valence-electron chi connectivity index (χ4n) is 3.77. The SMILES string of the molecule is CCc1ccc(C2C(C(=O)c3ccco3)=C(O)C(=O)N2c2ccc(C(=O)OC)cc2)cc1. The number of ketones is 1. The van der Waals surface area contributed by atoms with Gasteiger partial charge in [0, 0.05) is 5.69 Å². The number of benzene rings is 2. The van der Waals surface area contributed by atoms with E-state index in [-0.39, 0.29) is 11.3 Å². The number of aryl methyl sites for hydroxylation is 1. The summed E-state index contributed by atoms with van der Waals surface area (Å²) >= 11 is 0. The first kappa shape index (κ1) is 21.1. The quantitative estimate of drug-likeness (QED) is 0.459. The zero-order valence-corrected chi connectivity index (χ0v) is 17.6. The lowest BCUT2D eigenvalue weighted by Gasteiger charge is -2.27. The summed E-state index contributed by atoms with van der Waals surface area (Å²) in [6.07, 6.45) is 2.19. The number of methoxy groups -OCH3 is 1. The molecule has 162 valence electrons. The van der Waals surface area contributed by atoms with E-state index in [1.807, 2.05) is 31.2 Å². The van der Waals surface area contributed by atoms with E-state index < -0.39 is 29.5 Å². The average Bonchev–Trinajstić information content (AvgIpc) is 3.46. The van der Waals surface area contributed by atoms with E-state index >= 15 is 0 Å². The molecule has 2 aromatic carbocycles. The number of nitrogens with zero attached hydrogens (tertiary/aromatic N) is 1. The van der Waals surface area contributed by atoms with Crippen LogP contribution in [-0.2, 0) is 16.0 Å². The molecule has 0 aliphatic carbocycles. The monoisotopic (exact) mass is 431 g/mol. The van der Waals surface area contributed by atoms with Crippen molar-refractivity contribution in [1.29, 1.82) is 0 Å². The molecule has 2 heterocycles. The van der Waals surface area contributed by atoms with Gasteiger partial charge in [-0.3, -0.25) is 14.5 Å². The molecular formula is C25H21NO6. The van der Waals surface area contributed by atoms with Crippen LogP contribution in [0.4, 0.5) is 5.69 Å². The van der Waals surface area contributed by atoms with Crippen molar-refractivity contribution in [1.82, 2.24) is 0 Å². The standard InChI is InChI=1S/C25H21NO6/c1-3-15-6-8-16(9-7-15)21-20(22(27)19-5-4-14-32-19)23(28)24(29)26(21)18-12-10-17(11-13-18)25(30)31-2/h4-14,21,28H,3H2,1-2H3. The molecule has 4 rings (SSSR count). The number of ether oxygens (including phenoxy) is 1. The Labute approximate surface area is 184 Å². The predicted molar refractivity (Wildman–Crippen MR) is 117 cm³/mol. The van der Waals surface area contributed by atoms with Gasteiger partial charge >= 0.3 is 5.97 Å². The Morgan fingerprint density at radius 1 is 1.06 bits per heavy atom. The van der Waals surface area contributed by atoms with Crippen LogP contribution < -0.4 is 4.90 Å². The van der Waals surface area contributed by atoms with E-state index in [1.165, 1.54) is 36.5 Å². The molecule has 0 saturated carbocycles.